The van der Waals surface area contributed by atoms with Gasteiger partial charge in [0.05, 0.1) is 11.9 Å². The van der Waals surface area contributed by atoms with Gasteiger partial charge in [0, 0.05) is 71.9 Å². The van der Waals surface area contributed by atoms with Gasteiger partial charge < -0.3 is 19.9 Å². The number of likely N-dealkylation sites (N-methyl/N-ethyl adjacent to an activating group) is 2. The van der Waals surface area contributed by atoms with E-state index in [9.17, 15) is 4.79 Å². The third-order valence-corrected chi connectivity index (χ3v) is 7.64. The molecule has 0 saturated carbocycles. The number of rotatable bonds is 6. The molecule has 1 atom stereocenters. The van der Waals surface area contributed by atoms with Crippen LogP contribution in [0.3, 0.4) is 0 Å². The van der Waals surface area contributed by atoms with Gasteiger partial charge in [-0.25, -0.2) is 9.97 Å². The van der Waals surface area contributed by atoms with E-state index in [0.29, 0.717) is 16.1 Å². The number of anilines is 2. The molecule has 1 aliphatic rings. The minimum atomic E-state index is 0.261. The van der Waals surface area contributed by atoms with Crippen molar-refractivity contribution in [3.8, 4) is 0 Å². The number of halogens is 3. The lowest BCUT2D eigenvalue weighted by molar-refractivity contribution is -0.106. The summed E-state index contributed by atoms with van der Waals surface area (Å²) in [5.74, 6) is 1.05. The highest BCUT2D eigenvalue weighted by atomic mass is 127. The summed E-state index contributed by atoms with van der Waals surface area (Å²) in [4.78, 5) is 23.8. The van der Waals surface area contributed by atoms with Gasteiger partial charge in [-0.1, -0.05) is 29.6 Å². The van der Waals surface area contributed by atoms with Gasteiger partial charge in [0.15, 0.2) is 5.65 Å². The highest BCUT2D eigenvalue weighted by molar-refractivity contribution is 14.2. The maximum atomic E-state index is 10.0. The van der Waals surface area contributed by atoms with Gasteiger partial charge >= 0.3 is 0 Å². The Kier molecular flexibility index (Phi) is 10.4. The summed E-state index contributed by atoms with van der Waals surface area (Å²) in [6, 6.07) is 7.68. The van der Waals surface area contributed by atoms with Crippen LogP contribution in [0.15, 0.2) is 36.8 Å². The van der Waals surface area contributed by atoms with Crippen molar-refractivity contribution in [2.24, 2.45) is 0 Å². The van der Waals surface area contributed by atoms with Crippen LogP contribution in [-0.2, 0) is 4.79 Å². The fourth-order valence-electron chi connectivity index (χ4n) is 3.86. The second-order valence-electron chi connectivity index (χ2n) is 7.87. The normalized spacial score (nSPS) is 16.6. The Balaban J connectivity index is 0.000000218. The zero-order chi connectivity index (χ0) is 23.8. The fourth-order valence-corrected chi connectivity index (χ4v) is 5.66. The zero-order valence-electron chi connectivity index (χ0n) is 18.5. The Morgan fingerprint density at radius 1 is 1.27 bits per heavy atom. The summed E-state index contributed by atoms with van der Waals surface area (Å²) in [6.07, 6.45) is 8.33. The van der Waals surface area contributed by atoms with Crippen LogP contribution in [0.2, 0.25) is 10.0 Å². The molecule has 178 valence electrons. The van der Waals surface area contributed by atoms with Gasteiger partial charge in [0.25, 0.3) is 0 Å². The molecule has 0 spiro atoms. The predicted molar refractivity (Wildman–Crippen MR) is 149 cm³/mol. The van der Waals surface area contributed by atoms with Crippen molar-refractivity contribution >= 4 is 82.4 Å². The standard InChI is InChI=1S/C14H20IN5S.C8H7Cl2NO/c1-18-7-4-3-5-11(9-18)19(2)13-12-6-8-20(21-15)14(12)17-10-16-13;9-6-3-7(10)5-8(4-6)11-1-2-12/h6,8,10-11H,3-5,7,9H2,1-2H3;2-5,11H,1H2. The molecule has 4 rings (SSSR count). The molecule has 0 aliphatic carbocycles. The van der Waals surface area contributed by atoms with Crippen LogP contribution in [0.1, 0.15) is 19.3 Å². The van der Waals surface area contributed by atoms with E-state index >= 15 is 0 Å². The van der Waals surface area contributed by atoms with Crippen molar-refractivity contribution in [2.45, 2.75) is 25.3 Å². The third-order valence-electron chi connectivity index (χ3n) is 5.49. The van der Waals surface area contributed by atoms with Crippen LogP contribution in [0.25, 0.3) is 11.0 Å². The van der Waals surface area contributed by atoms with Crippen LogP contribution in [0, 0.1) is 0 Å². The van der Waals surface area contributed by atoms with Crippen LogP contribution in [0.5, 0.6) is 0 Å². The van der Waals surface area contributed by atoms with E-state index in [1.807, 2.05) is 0 Å². The van der Waals surface area contributed by atoms with Crippen molar-refractivity contribution in [3.63, 3.8) is 0 Å². The lowest BCUT2D eigenvalue weighted by Gasteiger charge is -2.30. The molecular formula is C22H27Cl2IN6OS. The second-order valence-corrected chi connectivity index (χ2v) is 10.5. The molecule has 3 heterocycles. The maximum absolute atomic E-state index is 10.0. The topological polar surface area (TPSA) is 66.3 Å². The Morgan fingerprint density at radius 2 is 2.03 bits per heavy atom. The average Bonchev–Trinajstić information content (AvgIpc) is 3.10. The highest BCUT2D eigenvalue weighted by Crippen LogP contribution is 2.30. The number of nitrogens with one attached hydrogen (secondary N) is 1. The molecule has 11 heteroatoms. The van der Waals surface area contributed by atoms with E-state index in [1.165, 1.54) is 25.8 Å². The molecule has 0 radical (unpaired) electrons. The van der Waals surface area contributed by atoms with Gasteiger partial charge in [-0.2, -0.15) is 0 Å². The number of aldehydes is 1. The summed E-state index contributed by atoms with van der Waals surface area (Å²) in [7, 11) is 6.01. The largest absolute Gasteiger partial charge is 0.378 e. The number of benzene rings is 1. The van der Waals surface area contributed by atoms with E-state index in [1.54, 1.807) is 33.6 Å². The molecule has 1 saturated heterocycles. The zero-order valence-corrected chi connectivity index (χ0v) is 23.0. The predicted octanol–water partition coefficient (Wildman–Crippen LogP) is 5.80. The molecule has 0 bridgehead atoms. The number of carbonyl (C=O) groups excluding carboxylic acids is 1. The Hall–Kier alpha value is -1.27. The smallest absolute Gasteiger partial charge is 0.156 e. The van der Waals surface area contributed by atoms with Crippen molar-refractivity contribution in [1.29, 1.82) is 0 Å². The summed E-state index contributed by atoms with van der Waals surface area (Å²) in [5, 5.41) is 5.08. The van der Waals surface area contributed by atoms with E-state index < -0.39 is 0 Å². The van der Waals surface area contributed by atoms with Crippen molar-refractivity contribution in [1.82, 2.24) is 18.8 Å². The molecule has 1 aliphatic heterocycles. The average molecular weight is 621 g/mol. The van der Waals surface area contributed by atoms with E-state index in [4.69, 9.17) is 23.2 Å². The molecule has 33 heavy (non-hydrogen) atoms. The quantitative estimate of drug-likeness (QED) is 0.276. The van der Waals surface area contributed by atoms with E-state index in [0.717, 1.165) is 35.4 Å². The summed E-state index contributed by atoms with van der Waals surface area (Å²) in [6.45, 7) is 2.56. The van der Waals surface area contributed by atoms with Crippen LogP contribution < -0.4 is 10.2 Å². The lowest BCUT2D eigenvalue weighted by Crippen LogP contribution is -2.40. The van der Waals surface area contributed by atoms with Gasteiger partial charge in [-0.3, -0.25) is 3.97 Å². The molecule has 1 unspecified atom stereocenters. The van der Waals surface area contributed by atoms with E-state index in [2.05, 4.69) is 76.6 Å². The summed E-state index contributed by atoms with van der Waals surface area (Å²) >= 11 is 13.7. The number of likely N-dealkylation sites (tertiary alicyclic amines) is 1. The first kappa shape index (κ1) is 26.3. The minimum Gasteiger partial charge on any atom is -0.378 e. The molecule has 3 aromatic rings. The van der Waals surface area contributed by atoms with Gasteiger partial charge in [-0.15, -0.1) is 0 Å². The molecule has 1 aromatic carbocycles. The van der Waals surface area contributed by atoms with Crippen LogP contribution in [-0.4, -0.2) is 64.9 Å². The number of nitrogens with zero attached hydrogens (tertiary/aromatic N) is 5. The highest BCUT2D eigenvalue weighted by Gasteiger charge is 2.22. The van der Waals surface area contributed by atoms with Crippen molar-refractivity contribution in [3.05, 3.63) is 46.8 Å². The molecule has 7 nitrogen and oxygen atoms in total. The first-order chi connectivity index (χ1) is 15.9. The van der Waals surface area contributed by atoms with Crippen molar-refractivity contribution in [2.75, 3.05) is 43.9 Å². The number of aromatic nitrogens is 3. The van der Waals surface area contributed by atoms with Gasteiger partial charge in [0.2, 0.25) is 0 Å². The fraction of sp³-hybridized carbons (Fsp3) is 0.409. The molecule has 0 amide bonds. The number of hydrogen-bond acceptors (Lipinski definition) is 7. The van der Waals surface area contributed by atoms with Crippen LogP contribution >= 0.6 is 53.5 Å². The molecule has 1 fully saturated rings. The monoisotopic (exact) mass is 620 g/mol. The second kappa shape index (κ2) is 13.0. The number of hydrogen-bond donors (Lipinski definition) is 1. The summed E-state index contributed by atoms with van der Waals surface area (Å²) < 4.78 is 2.08. The number of fused-ring (bicyclic) bond motifs is 1. The van der Waals surface area contributed by atoms with Gasteiger partial charge in [-0.05, 0) is 50.7 Å². The number of carbonyl (C=O) groups is 1. The first-order valence-corrected chi connectivity index (χ1v) is 14.7. The Morgan fingerprint density at radius 3 is 2.73 bits per heavy atom. The summed E-state index contributed by atoms with van der Waals surface area (Å²) in [5.41, 5.74) is 1.74. The molecular weight excluding hydrogens is 594 g/mol. The first-order valence-electron chi connectivity index (χ1n) is 10.6. The Bertz CT molecular complexity index is 1050. The van der Waals surface area contributed by atoms with Gasteiger partial charge in [0.1, 0.15) is 18.4 Å². The SMILES string of the molecule is CN1CCCCC(N(C)c2ncnc3c2ccn3SI)C1.O=CCNc1cc(Cl)cc(Cl)c1. The van der Waals surface area contributed by atoms with E-state index in [-0.39, 0.29) is 6.54 Å². The Labute approximate surface area is 220 Å². The van der Waals surface area contributed by atoms with Crippen LogP contribution in [0.4, 0.5) is 11.5 Å². The lowest BCUT2D eigenvalue weighted by atomic mass is 10.1. The molecule has 2 aromatic heterocycles. The van der Waals surface area contributed by atoms with Crippen molar-refractivity contribution < 1.29 is 4.79 Å². The molecule has 1 N–H and O–H groups in total. The third kappa shape index (κ3) is 7.35. The maximum Gasteiger partial charge on any atom is 0.156 e. The minimum absolute atomic E-state index is 0.261.